The fourth-order valence-corrected chi connectivity index (χ4v) is 3.32. The molecule has 0 unspecified atom stereocenters. The largest absolute Gasteiger partial charge is 0.339 e. The maximum atomic E-state index is 12.4. The molecule has 5 nitrogen and oxygen atoms in total. The van der Waals surface area contributed by atoms with Crippen molar-refractivity contribution >= 4 is 12.0 Å². The second-order valence-corrected chi connectivity index (χ2v) is 7.02. The Hall–Kier alpha value is -2.43. The van der Waals surface area contributed by atoms with Gasteiger partial charge in [0.2, 0.25) is 5.91 Å². The molecule has 132 valence electrons. The van der Waals surface area contributed by atoms with Gasteiger partial charge in [0.1, 0.15) is 5.69 Å². The van der Waals surface area contributed by atoms with Gasteiger partial charge in [0, 0.05) is 19.2 Å². The summed E-state index contributed by atoms with van der Waals surface area (Å²) in [6.07, 6.45) is 9.83. The molecule has 0 spiro atoms. The average molecular weight is 338 g/mol. The first-order valence-corrected chi connectivity index (χ1v) is 9.01. The minimum Gasteiger partial charge on any atom is -0.339 e. The van der Waals surface area contributed by atoms with Crippen LogP contribution < -0.4 is 0 Å². The van der Waals surface area contributed by atoms with Gasteiger partial charge < -0.3 is 4.90 Å². The maximum Gasteiger partial charge on any atom is 0.246 e. The summed E-state index contributed by atoms with van der Waals surface area (Å²) >= 11 is 0. The van der Waals surface area contributed by atoms with Crippen LogP contribution in [0.15, 0.2) is 42.6 Å². The van der Waals surface area contributed by atoms with Crippen molar-refractivity contribution in [2.45, 2.75) is 45.2 Å². The second kappa shape index (κ2) is 8.10. The molecule has 3 rings (SSSR count). The van der Waals surface area contributed by atoms with Gasteiger partial charge in [-0.05, 0) is 43.2 Å². The zero-order chi connectivity index (χ0) is 17.6. The van der Waals surface area contributed by atoms with Gasteiger partial charge in [-0.15, -0.1) is 5.10 Å². The highest BCUT2D eigenvalue weighted by Gasteiger charge is 2.23. The summed E-state index contributed by atoms with van der Waals surface area (Å²) in [5.41, 5.74) is 1.88. The van der Waals surface area contributed by atoms with Gasteiger partial charge >= 0.3 is 0 Å². The van der Waals surface area contributed by atoms with Crippen LogP contribution in [-0.4, -0.2) is 38.9 Å². The fourth-order valence-electron chi connectivity index (χ4n) is 3.32. The summed E-state index contributed by atoms with van der Waals surface area (Å²) in [5.74, 6) is 0.826. The van der Waals surface area contributed by atoms with Crippen LogP contribution in [0, 0.1) is 5.92 Å². The van der Waals surface area contributed by atoms with E-state index in [1.54, 1.807) is 16.8 Å². The standard InChI is InChI=1S/C20H26N4O/c1-16-8-11-19(12-9-16)23(2)20(25)13-10-18-15-24(22-21-18)14-17-6-4-3-5-7-17/h3-7,10,13,15-16,19H,8-9,11-12,14H2,1-2H3. The Labute approximate surface area is 149 Å². The van der Waals surface area contributed by atoms with E-state index in [9.17, 15) is 4.79 Å². The van der Waals surface area contributed by atoms with Crippen LogP contribution in [-0.2, 0) is 11.3 Å². The van der Waals surface area contributed by atoms with E-state index in [1.807, 2.05) is 36.3 Å². The molecular weight excluding hydrogens is 312 g/mol. The third-order valence-electron chi connectivity index (χ3n) is 5.02. The van der Waals surface area contributed by atoms with Gasteiger partial charge in [0.25, 0.3) is 0 Å². The summed E-state index contributed by atoms with van der Waals surface area (Å²) < 4.78 is 1.78. The highest BCUT2D eigenvalue weighted by Crippen LogP contribution is 2.26. The molecule has 0 aliphatic heterocycles. The molecule has 25 heavy (non-hydrogen) atoms. The highest BCUT2D eigenvalue weighted by molar-refractivity contribution is 5.91. The van der Waals surface area contributed by atoms with Crippen LogP contribution in [0.4, 0.5) is 0 Å². The van der Waals surface area contributed by atoms with E-state index in [0.29, 0.717) is 18.3 Å². The summed E-state index contributed by atoms with van der Waals surface area (Å²) in [6.45, 7) is 2.96. The lowest BCUT2D eigenvalue weighted by molar-refractivity contribution is -0.127. The molecule has 0 atom stereocenters. The van der Waals surface area contributed by atoms with E-state index in [0.717, 1.165) is 18.8 Å². The van der Waals surface area contributed by atoms with Crippen molar-refractivity contribution in [2.24, 2.45) is 5.92 Å². The number of rotatable bonds is 5. The molecule has 1 aromatic heterocycles. The first-order chi connectivity index (χ1) is 12.1. The Balaban J connectivity index is 1.55. The highest BCUT2D eigenvalue weighted by atomic mass is 16.2. The molecule has 1 saturated carbocycles. The van der Waals surface area contributed by atoms with Crippen LogP contribution >= 0.6 is 0 Å². The van der Waals surface area contributed by atoms with Crippen LogP contribution in [0.2, 0.25) is 0 Å². The molecule has 5 heteroatoms. The minimum atomic E-state index is 0.0390. The Bertz CT molecular complexity index is 714. The third-order valence-corrected chi connectivity index (χ3v) is 5.02. The van der Waals surface area contributed by atoms with Crippen molar-refractivity contribution in [3.8, 4) is 0 Å². The third kappa shape index (κ3) is 4.78. The SMILES string of the molecule is CC1CCC(N(C)C(=O)C=Cc2cn(Cc3ccccc3)nn2)CC1. The quantitative estimate of drug-likeness (QED) is 0.785. The first-order valence-electron chi connectivity index (χ1n) is 9.01. The Morgan fingerprint density at radius 1 is 1.24 bits per heavy atom. The molecule has 0 radical (unpaired) electrons. The Kier molecular flexibility index (Phi) is 5.64. The van der Waals surface area contributed by atoms with E-state index in [4.69, 9.17) is 0 Å². The number of nitrogens with zero attached hydrogens (tertiary/aromatic N) is 4. The molecule has 1 heterocycles. The normalized spacial score (nSPS) is 20.7. The van der Waals surface area contributed by atoms with Crippen LogP contribution in [0.25, 0.3) is 6.08 Å². The predicted molar refractivity (Wildman–Crippen MR) is 98.8 cm³/mol. The van der Waals surface area contributed by atoms with Crippen molar-refractivity contribution in [3.63, 3.8) is 0 Å². The minimum absolute atomic E-state index is 0.0390. The van der Waals surface area contributed by atoms with E-state index >= 15 is 0 Å². The fraction of sp³-hybridized carbons (Fsp3) is 0.450. The lowest BCUT2D eigenvalue weighted by Crippen LogP contribution is -2.38. The number of hydrogen-bond acceptors (Lipinski definition) is 3. The molecule has 2 aromatic rings. The van der Waals surface area contributed by atoms with Crippen molar-refractivity contribution in [1.29, 1.82) is 0 Å². The molecule has 1 aliphatic carbocycles. The maximum absolute atomic E-state index is 12.4. The topological polar surface area (TPSA) is 51.0 Å². The number of amides is 1. The Morgan fingerprint density at radius 3 is 2.68 bits per heavy atom. The molecule has 1 amide bonds. The lowest BCUT2D eigenvalue weighted by atomic mass is 9.87. The van der Waals surface area contributed by atoms with Crippen LogP contribution in [0.3, 0.4) is 0 Å². The second-order valence-electron chi connectivity index (χ2n) is 7.02. The van der Waals surface area contributed by atoms with Gasteiger partial charge in [-0.2, -0.15) is 0 Å². The lowest BCUT2D eigenvalue weighted by Gasteiger charge is -2.33. The average Bonchev–Trinajstić information content (AvgIpc) is 3.08. The number of aromatic nitrogens is 3. The number of likely N-dealkylation sites (N-methyl/N-ethyl adjacent to an activating group) is 1. The molecule has 1 aliphatic rings. The summed E-state index contributed by atoms with van der Waals surface area (Å²) in [5, 5.41) is 8.24. The zero-order valence-electron chi connectivity index (χ0n) is 15.0. The van der Waals surface area contributed by atoms with Gasteiger partial charge in [0.05, 0.1) is 12.7 Å². The smallest absolute Gasteiger partial charge is 0.246 e. The number of carbonyl (C=O) groups is 1. The van der Waals surface area contributed by atoms with Gasteiger partial charge in [-0.25, -0.2) is 4.68 Å². The van der Waals surface area contributed by atoms with Gasteiger partial charge in [-0.3, -0.25) is 4.79 Å². The molecule has 1 aromatic carbocycles. The van der Waals surface area contributed by atoms with Crippen molar-refractivity contribution in [3.05, 3.63) is 53.9 Å². The summed E-state index contributed by atoms with van der Waals surface area (Å²) in [6, 6.07) is 10.5. The van der Waals surface area contributed by atoms with Crippen LogP contribution in [0.5, 0.6) is 0 Å². The molecule has 1 fully saturated rings. The molecule has 0 bridgehead atoms. The van der Waals surface area contributed by atoms with Gasteiger partial charge in [-0.1, -0.05) is 42.5 Å². The van der Waals surface area contributed by atoms with Gasteiger partial charge in [0.15, 0.2) is 0 Å². The predicted octanol–water partition coefficient (Wildman–Crippen LogP) is 3.38. The summed E-state index contributed by atoms with van der Waals surface area (Å²) in [7, 11) is 1.90. The molecular formula is C20H26N4O. The zero-order valence-corrected chi connectivity index (χ0v) is 15.0. The van der Waals surface area contributed by atoms with E-state index < -0.39 is 0 Å². The number of carbonyl (C=O) groups excluding carboxylic acids is 1. The number of hydrogen-bond donors (Lipinski definition) is 0. The Morgan fingerprint density at radius 2 is 1.96 bits per heavy atom. The van der Waals surface area contributed by atoms with Crippen molar-refractivity contribution in [1.82, 2.24) is 19.9 Å². The number of benzene rings is 1. The molecule has 0 N–H and O–H groups in total. The first kappa shape index (κ1) is 17.4. The molecule has 0 saturated heterocycles. The van der Waals surface area contributed by atoms with Crippen molar-refractivity contribution < 1.29 is 4.79 Å². The van der Waals surface area contributed by atoms with Crippen LogP contribution in [0.1, 0.15) is 43.9 Å². The van der Waals surface area contributed by atoms with E-state index in [2.05, 4.69) is 29.4 Å². The van der Waals surface area contributed by atoms with E-state index in [-0.39, 0.29) is 5.91 Å². The monoisotopic (exact) mass is 338 g/mol. The summed E-state index contributed by atoms with van der Waals surface area (Å²) in [4.78, 5) is 14.3. The van der Waals surface area contributed by atoms with Crippen molar-refractivity contribution in [2.75, 3.05) is 7.05 Å². The van der Waals surface area contributed by atoms with E-state index in [1.165, 1.54) is 18.4 Å².